The number of amides is 1. The Kier molecular flexibility index (Phi) is 6.14. The normalized spacial score (nSPS) is 13.7. The molecule has 0 unspecified atom stereocenters. The zero-order chi connectivity index (χ0) is 23.5. The maximum atomic E-state index is 12.7. The predicted molar refractivity (Wildman–Crippen MR) is 131 cm³/mol. The molecule has 1 fully saturated rings. The van der Waals surface area contributed by atoms with Crippen LogP contribution in [0.25, 0.3) is 22.5 Å². The first-order valence-corrected chi connectivity index (χ1v) is 11.3. The van der Waals surface area contributed by atoms with Crippen molar-refractivity contribution in [2.24, 2.45) is 0 Å². The van der Waals surface area contributed by atoms with Crippen molar-refractivity contribution >= 4 is 23.3 Å². The number of anilines is 1. The second-order valence-corrected chi connectivity index (χ2v) is 8.42. The van der Waals surface area contributed by atoms with E-state index in [1.165, 1.54) is 18.0 Å². The largest absolute Gasteiger partial charge is 0.352 e. The van der Waals surface area contributed by atoms with Crippen molar-refractivity contribution in [2.45, 2.75) is 6.92 Å². The highest BCUT2D eigenvalue weighted by Crippen LogP contribution is 2.34. The maximum absolute atomic E-state index is 12.7. The Bertz CT molecular complexity index is 1310. The molecule has 4 heterocycles. The molecule has 5 rings (SSSR count). The molecule has 170 valence electrons. The molecule has 0 atom stereocenters. The lowest BCUT2D eigenvalue weighted by atomic mass is 10.0. The minimum atomic E-state index is -0.113. The average molecular weight is 472 g/mol. The summed E-state index contributed by atoms with van der Waals surface area (Å²) < 4.78 is 0. The molecule has 1 aliphatic heterocycles. The monoisotopic (exact) mass is 471 g/mol. The van der Waals surface area contributed by atoms with E-state index in [2.05, 4.69) is 32.0 Å². The van der Waals surface area contributed by atoms with Crippen molar-refractivity contribution in [1.29, 1.82) is 0 Å². The third-order valence-electron chi connectivity index (χ3n) is 5.79. The minimum absolute atomic E-state index is 0.113. The quantitative estimate of drug-likeness (QED) is 0.445. The molecule has 3 aromatic heterocycles. The van der Waals surface area contributed by atoms with E-state index in [1.807, 2.05) is 25.1 Å². The van der Waals surface area contributed by atoms with E-state index in [4.69, 9.17) is 21.6 Å². The Labute approximate surface area is 202 Å². The van der Waals surface area contributed by atoms with Gasteiger partial charge in [-0.1, -0.05) is 41.4 Å². The molecular formula is C25H22ClN7O. The Morgan fingerprint density at radius 2 is 1.62 bits per heavy atom. The van der Waals surface area contributed by atoms with Crippen molar-refractivity contribution in [3.8, 4) is 22.5 Å². The summed E-state index contributed by atoms with van der Waals surface area (Å²) in [7, 11) is 0. The summed E-state index contributed by atoms with van der Waals surface area (Å²) in [6, 6.07) is 10.0. The number of benzene rings is 1. The number of hydrogen-bond acceptors (Lipinski definition) is 7. The zero-order valence-corrected chi connectivity index (χ0v) is 19.4. The fourth-order valence-corrected chi connectivity index (χ4v) is 4.13. The van der Waals surface area contributed by atoms with Crippen molar-refractivity contribution in [3.63, 3.8) is 0 Å². The fraction of sp³-hybridized carbons (Fsp3) is 0.200. The number of aryl methyl sites for hydroxylation is 1. The second kappa shape index (κ2) is 9.52. The molecule has 34 heavy (non-hydrogen) atoms. The summed E-state index contributed by atoms with van der Waals surface area (Å²) in [5, 5.41) is 0.515. The van der Waals surface area contributed by atoms with Crippen LogP contribution in [0.4, 0.5) is 5.82 Å². The topological polar surface area (TPSA) is 88.0 Å². The van der Waals surface area contributed by atoms with E-state index < -0.39 is 0 Å². The smallest absolute Gasteiger partial charge is 0.274 e. The molecule has 4 aromatic rings. The number of piperazine rings is 1. The Balaban J connectivity index is 1.43. The SMILES string of the molecule is Cc1ccc(-c2ncc(N3CCN(C(=O)c4cnccn4)CC3)nc2-c2ccncc2Cl)cc1. The van der Waals surface area contributed by atoms with Gasteiger partial charge >= 0.3 is 0 Å². The van der Waals surface area contributed by atoms with E-state index in [9.17, 15) is 4.79 Å². The number of nitrogens with zero attached hydrogens (tertiary/aromatic N) is 7. The highest BCUT2D eigenvalue weighted by molar-refractivity contribution is 6.33. The Morgan fingerprint density at radius 3 is 2.32 bits per heavy atom. The van der Waals surface area contributed by atoms with Gasteiger partial charge in [-0.05, 0) is 13.0 Å². The standard InChI is InChI=1S/C25H22ClN7O/c1-17-2-4-18(5-3-17)23-24(19-6-7-27-14-20(19)26)31-22(16-30-23)32-10-12-33(13-11-32)25(34)21-15-28-8-9-29-21/h2-9,14-16H,10-13H2,1H3. The van der Waals surface area contributed by atoms with E-state index in [-0.39, 0.29) is 5.91 Å². The van der Waals surface area contributed by atoms with Crippen LogP contribution < -0.4 is 4.90 Å². The molecule has 1 aliphatic rings. The molecule has 8 nitrogen and oxygen atoms in total. The van der Waals surface area contributed by atoms with Gasteiger partial charge in [-0.3, -0.25) is 19.7 Å². The molecule has 0 spiro atoms. The van der Waals surface area contributed by atoms with E-state index in [0.29, 0.717) is 42.6 Å². The maximum Gasteiger partial charge on any atom is 0.274 e. The molecule has 1 saturated heterocycles. The Hall–Kier alpha value is -3.91. The molecule has 0 N–H and O–H groups in total. The molecule has 1 aromatic carbocycles. The van der Waals surface area contributed by atoms with Crippen LogP contribution in [-0.4, -0.2) is 61.9 Å². The first-order valence-electron chi connectivity index (χ1n) is 10.9. The van der Waals surface area contributed by atoms with Gasteiger partial charge in [0.05, 0.1) is 23.1 Å². The van der Waals surface area contributed by atoms with Crippen molar-refractivity contribution in [3.05, 3.63) is 83.8 Å². The molecule has 0 radical (unpaired) electrons. The van der Waals surface area contributed by atoms with Crippen LogP contribution in [-0.2, 0) is 0 Å². The molecule has 0 bridgehead atoms. The summed E-state index contributed by atoms with van der Waals surface area (Å²) in [5.41, 5.74) is 4.73. The predicted octanol–water partition coefficient (Wildman–Crippen LogP) is 3.92. The van der Waals surface area contributed by atoms with Crippen molar-refractivity contribution in [2.75, 3.05) is 31.1 Å². The van der Waals surface area contributed by atoms with Gasteiger partial charge in [0.2, 0.25) is 0 Å². The van der Waals surface area contributed by atoms with Gasteiger partial charge in [-0.2, -0.15) is 0 Å². The van der Waals surface area contributed by atoms with Gasteiger partial charge in [0.25, 0.3) is 5.91 Å². The van der Waals surface area contributed by atoms with E-state index >= 15 is 0 Å². The zero-order valence-electron chi connectivity index (χ0n) is 18.6. The lowest BCUT2D eigenvalue weighted by Crippen LogP contribution is -2.49. The Morgan fingerprint density at radius 1 is 0.853 bits per heavy atom. The molecule has 1 amide bonds. The number of pyridine rings is 1. The highest BCUT2D eigenvalue weighted by Gasteiger charge is 2.25. The van der Waals surface area contributed by atoms with Crippen molar-refractivity contribution < 1.29 is 4.79 Å². The highest BCUT2D eigenvalue weighted by atomic mass is 35.5. The number of carbonyl (C=O) groups excluding carboxylic acids is 1. The van der Waals surface area contributed by atoms with Crippen LogP contribution in [0.15, 0.2) is 67.5 Å². The number of rotatable bonds is 4. The summed E-state index contributed by atoms with van der Waals surface area (Å²) in [4.78, 5) is 38.6. The summed E-state index contributed by atoms with van der Waals surface area (Å²) >= 11 is 6.49. The van der Waals surface area contributed by atoms with Crippen molar-refractivity contribution in [1.82, 2.24) is 29.8 Å². The van der Waals surface area contributed by atoms with Gasteiger partial charge in [0.15, 0.2) is 0 Å². The minimum Gasteiger partial charge on any atom is -0.352 e. The number of carbonyl (C=O) groups is 1. The van der Waals surface area contributed by atoms with E-state index in [0.717, 1.165) is 22.6 Å². The second-order valence-electron chi connectivity index (χ2n) is 8.02. The van der Waals surface area contributed by atoms with Crippen LogP contribution in [0.3, 0.4) is 0 Å². The van der Waals surface area contributed by atoms with Gasteiger partial charge < -0.3 is 9.80 Å². The number of halogens is 1. The molecule has 9 heteroatoms. The van der Waals surface area contributed by atoms with Gasteiger partial charge in [-0.25, -0.2) is 9.97 Å². The summed E-state index contributed by atoms with van der Waals surface area (Å²) in [6.45, 7) is 4.43. The van der Waals surface area contributed by atoms with Crippen LogP contribution in [0.1, 0.15) is 16.1 Å². The lowest BCUT2D eigenvalue weighted by molar-refractivity contribution is 0.0740. The van der Waals surface area contributed by atoms with Gasteiger partial charge in [0.1, 0.15) is 17.2 Å². The molecule has 0 aliphatic carbocycles. The first kappa shape index (κ1) is 21.9. The van der Waals surface area contributed by atoms with E-state index in [1.54, 1.807) is 29.7 Å². The lowest BCUT2D eigenvalue weighted by Gasteiger charge is -2.35. The van der Waals surface area contributed by atoms with Crippen LogP contribution >= 0.6 is 11.6 Å². The first-order chi connectivity index (χ1) is 16.6. The van der Waals surface area contributed by atoms with Crippen LogP contribution in [0.5, 0.6) is 0 Å². The third kappa shape index (κ3) is 4.45. The molecule has 0 saturated carbocycles. The van der Waals surface area contributed by atoms with Gasteiger partial charge in [-0.15, -0.1) is 0 Å². The number of hydrogen-bond donors (Lipinski definition) is 0. The fourth-order valence-electron chi connectivity index (χ4n) is 3.92. The third-order valence-corrected chi connectivity index (χ3v) is 6.09. The van der Waals surface area contributed by atoms with Crippen LogP contribution in [0, 0.1) is 6.92 Å². The summed E-state index contributed by atoms with van der Waals surface area (Å²) in [6.07, 6.45) is 9.68. The number of aromatic nitrogens is 5. The summed E-state index contributed by atoms with van der Waals surface area (Å²) in [5.74, 6) is 0.628. The molecular weight excluding hydrogens is 450 g/mol. The average Bonchev–Trinajstić information content (AvgIpc) is 2.89. The van der Waals surface area contributed by atoms with Gasteiger partial charge in [0, 0.05) is 62.1 Å². The van der Waals surface area contributed by atoms with Crippen LogP contribution in [0.2, 0.25) is 5.02 Å².